The highest BCUT2D eigenvalue weighted by molar-refractivity contribution is 5.78. The molecule has 2 fully saturated rings. The van der Waals surface area contributed by atoms with Crippen molar-refractivity contribution in [3.05, 3.63) is 34.4 Å². The summed E-state index contributed by atoms with van der Waals surface area (Å²) in [6, 6.07) is 6.05. The lowest BCUT2D eigenvalue weighted by atomic mass is 9.98. The van der Waals surface area contributed by atoms with Crippen LogP contribution in [0.2, 0.25) is 0 Å². The summed E-state index contributed by atoms with van der Waals surface area (Å²) in [5, 5.41) is 10.7. The van der Waals surface area contributed by atoms with Gasteiger partial charge in [0.05, 0.1) is 11.0 Å². The molecule has 1 aromatic carbocycles. The summed E-state index contributed by atoms with van der Waals surface area (Å²) in [5.41, 5.74) is 6.01. The van der Waals surface area contributed by atoms with Crippen LogP contribution in [-0.4, -0.2) is 41.5 Å². The maximum absolute atomic E-state index is 12.2. The molecule has 1 saturated carbocycles. The average molecular weight is 305 g/mol. The molecule has 1 aromatic rings. The zero-order valence-corrected chi connectivity index (χ0v) is 12.2. The number of hydrogen-bond donors (Lipinski definition) is 1. The third-order valence-corrected chi connectivity index (χ3v) is 4.66. The summed E-state index contributed by atoms with van der Waals surface area (Å²) < 4.78 is 5.39. The Hall–Kier alpha value is -2.15. The predicted molar refractivity (Wildman–Crippen MR) is 79.4 cm³/mol. The number of hydrogen-bond acceptors (Lipinski definition) is 5. The molecule has 0 bridgehead atoms. The first-order chi connectivity index (χ1) is 10.5. The van der Waals surface area contributed by atoms with Gasteiger partial charge >= 0.3 is 0 Å². The standard InChI is InChI=1S/C15H19N3O4/c16-14-5-4-10-7-17(8-13(10)14)15(19)9-22-12-3-1-2-11(6-12)18(20)21/h1-3,6,10,13-14H,4-5,7-9,16H2. The van der Waals surface area contributed by atoms with Crippen molar-refractivity contribution in [2.45, 2.75) is 18.9 Å². The van der Waals surface area contributed by atoms with Gasteiger partial charge in [-0.2, -0.15) is 0 Å². The van der Waals surface area contributed by atoms with Crippen LogP contribution in [0.1, 0.15) is 12.8 Å². The number of rotatable bonds is 4. The second-order valence-electron chi connectivity index (χ2n) is 6.01. The molecule has 3 rings (SSSR count). The van der Waals surface area contributed by atoms with Gasteiger partial charge in [0.25, 0.3) is 11.6 Å². The lowest BCUT2D eigenvalue weighted by Crippen LogP contribution is -2.36. The number of non-ortho nitro benzene ring substituents is 1. The van der Waals surface area contributed by atoms with Crippen LogP contribution in [0.5, 0.6) is 5.75 Å². The lowest BCUT2D eigenvalue weighted by Gasteiger charge is -2.18. The van der Waals surface area contributed by atoms with Crippen molar-refractivity contribution in [1.82, 2.24) is 4.90 Å². The van der Waals surface area contributed by atoms with Crippen molar-refractivity contribution in [2.24, 2.45) is 17.6 Å². The van der Waals surface area contributed by atoms with E-state index in [0.29, 0.717) is 24.1 Å². The first-order valence-electron chi connectivity index (χ1n) is 7.45. The molecule has 1 amide bonds. The Balaban J connectivity index is 1.55. The minimum absolute atomic E-state index is 0.0494. The van der Waals surface area contributed by atoms with E-state index in [-0.39, 0.29) is 24.2 Å². The first-order valence-corrected chi connectivity index (χ1v) is 7.45. The highest BCUT2D eigenvalue weighted by atomic mass is 16.6. The SMILES string of the molecule is NC1CCC2CN(C(=O)COc3cccc([N+](=O)[O-])c3)CC12. The minimum Gasteiger partial charge on any atom is -0.484 e. The lowest BCUT2D eigenvalue weighted by molar-refractivity contribution is -0.384. The van der Waals surface area contributed by atoms with Crippen molar-refractivity contribution in [3.8, 4) is 5.75 Å². The van der Waals surface area contributed by atoms with Gasteiger partial charge in [-0.05, 0) is 30.7 Å². The molecule has 7 heteroatoms. The molecular formula is C15H19N3O4. The summed E-state index contributed by atoms with van der Waals surface area (Å²) in [6.45, 7) is 1.34. The molecule has 1 aliphatic heterocycles. The van der Waals surface area contributed by atoms with E-state index in [9.17, 15) is 14.9 Å². The molecular weight excluding hydrogens is 286 g/mol. The molecule has 2 N–H and O–H groups in total. The number of amides is 1. The van der Waals surface area contributed by atoms with Crippen molar-refractivity contribution in [3.63, 3.8) is 0 Å². The number of benzene rings is 1. The Kier molecular flexibility index (Phi) is 3.98. The van der Waals surface area contributed by atoms with Crippen molar-refractivity contribution < 1.29 is 14.5 Å². The number of nitro groups is 1. The van der Waals surface area contributed by atoms with E-state index in [0.717, 1.165) is 19.4 Å². The molecule has 2 aliphatic rings. The Morgan fingerprint density at radius 1 is 1.41 bits per heavy atom. The van der Waals surface area contributed by atoms with E-state index in [1.807, 2.05) is 0 Å². The fraction of sp³-hybridized carbons (Fsp3) is 0.533. The highest BCUT2D eigenvalue weighted by Crippen LogP contribution is 2.37. The van der Waals surface area contributed by atoms with Crippen LogP contribution in [-0.2, 0) is 4.79 Å². The van der Waals surface area contributed by atoms with E-state index in [2.05, 4.69) is 0 Å². The van der Waals surface area contributed by atoms with E-state index in [4.69, 9.17) is 10.5 Å². The van der Waals surface area contributed by atoms with Gasteiger partial charge in [-0.25, -0.2) is 0 Å². The fourth-order valence-electron chi connectivity index (χ4n) is 3.43. The summed E-state index contributed by atoms with van der Waals surface area (Å²) >= 11 is 0. The number of fused-ring (bicyclic) bond motifs is 1. The van der Waals surface area contributed by atoms with Gasteiger partial charge in [-0.1, -0.05) is 6.07 Å². The van der Waals surface area contributed by atoms with Gasteiger partial charge < -0.3 is 15.4 Å². The molecule has 7 nitrogen and oxygen atoms in total. The van der Waals surface area contributed by atoms with E-state index in [1.54, 1.807) is 11.0 Å². The van der Waals surface area contributed by atoms with Crippen LogP contribution in [0.3, 0.4) is 0 Å². The van der Waals surface area contributed by atoms with Crippen molar-refractivity contribution in [2.75, 3.05) is 19.7 Å². The normalized spacial score (nSPS) is 26.8. The summed E-state index contributed by atoms with van der Waals surface area (Å²) in [7, 11) is 0. The maximum atomic E-state index is 12.2. The van der Waals surface area contributed by atoms with E-state index >= 15 is 0 Å². The number of carbonyl (C=O) groups is 1. The zero-order chi connectivity index (χ0) is 15.7. The number of nitrogens with two attached hydrogens (primary N) is 1. The third kappa shape index (κ3) is 2.89. The van der Waals surface area contributed by atoms with Crippen LogP contribution in [0.15, 0.2) is 24.3 Å². The maximum Gasteiger partial charge on any atom is 0.273 e. The van der Waals surface area contributed by atoms with Crippen LogP contribution in [0, 0.1) is 22.0 Å². The molecule has 0 spiro atoms. The topological polar surface area (TPSA) is 98.7 Å². The number of likely N-dealkylation sites (tertiary alicyclic amines) is 1. The van der Waals surface area contributed by atoms with Crippen LogP contribution in [0.4, 0.5) is 5.69 Å². The minimum atomic E-state index is -0.488. The number of nitrogens with zero attached hydrogens (tertiary/aromatic N) is 2. The quantitative estimate of drug-likeness (QED) is 0.665. The van der Waals surface area contributed by atoms with Crippen LogP contribution < -0.4 is 10.5 Å². The largest absolute Gasteiger partial charge is 0.484 e. The smallest absolute Gasteiger partial charge is 0.273 e. The Labute approximate surface area is 128 Å². The second kappa shape index (κ2) is 5.92. The third-order valence-electron chi connectivity index (χ3n) is 4.66. The monoisotopic (exact) mass is 305 g/mol. The molecule has 1 aliphatic carbocycles. The summed E-state index contributed by atoms with van der Waals surface area (Å²) in [5.74, 6) is 1.16. The molecule has 0 radical (unpaired) electrons. The average Bonchev–Trinajstić information content (AvgIpc) is 3.08. The molecule has 1 heterocycles. The Bertz CT molecular complexity index is 592. The van der Waals surface area contributed by atoms with Crippen LogP contribution >= 0.6 is 0 Å². The Morgan fingerprint density at radius 3 is 2.95 bits per heavy atom. The van der Waals surface area contributed by atoms with Crippen molar-refractivity contribution in [1.29, 1.82) is 0 Å². The van der Waals surface area contributed by atoms with Gasteiger partial charge in [0.2, 0.25) is 0 Å². The highest BCUT2D eigenvalue weighted by Gasteiger charge is 2.42. The second-order valence-corrected chi connectivity index (χ2v) is 6.01. The number of nitro benzene ring substituents is 1. The van der Waals surface area contributed by atoms with Gasteiger partial charge in [0.15, 0.2) is 6.61 Å². The van der Waals surface area contributed by atoms with E-state index in [1.165, 1.54) is 18.2 Å². The molecule has 1 saturated heterocycles. The molecule has 22 heavy (non-hydrogen) atoms. The van der Waals surface area contributed by atoms with E-state index < -0.39 is 4.92 Å². The van der Waals surface area contributed by atoms with Crippen molar-refractivity contribution >= 4 is 11.6 Å². The number of carbonyl (C=O) groups excluding carboxylic acids is 1. The zero-order valence-electron chi connectivity index (χ0n) is 12.2. The molecule has 0 aromatic heterocycles. The predicted octanol–water partition coefficient (Wildman–Crippen LogP) is 1.17. The van der Waals surface area contributed by atoms with Crippen LogP contribution in [0.25, 0.3) is 0 Å². The van der Waals surface area contributed by atoms with Gasteiger partial charge in [-0.3, -0.25) is 14.9 Å². The fourth-order valence-corrected chi connectivity index (χ4v) is 3.43. The first kappa shape index (κ1) is 14.8. The summed E-state index contributed by atoms with van der Waals surface area (Å²) in [6.07, 6.45) is 2.13. The molecule has 3 unspecified atom stereocenters. The number of ether oxygens (including phenoxy) is 1. The van der Waals surface area contributed by atoms with Gasteiger partial charge in [0, 0.05) is 25.2 Å². The van der Waals surface area contributed by atoms with Gasteiger partial charge in [-0.15, -0.1) is 0 Å². The Morgan fingerprint density at radius 2 is 2.23 bits per heavy atom. The summed E-state index contributed by atoms with van der Waals surface area (Å²) in [4.78, 5) is 24.2. The molecule has 118 valence electrons. The van der Waals surface area contributed by atoms with Gasteiger partial charge in [0.1, 0.15) is 5.75 Å². The molecule has 3 atom stereocenters.